The van der Waals surface area contributed by atoms with E-state index in [-0.39, 0.29) is 18.0 Å². The van der Waals surface area contributed by atoms with E-state index in [4.69, 9.17) is 5.73 Å². The van der Waals surface area contributed by atoms with E-state index in [1.807, 2.05) is 0 Å². The number of aromatic hydroxyl groups is 2. The highest BCUT2D eigenvalue weighted by Crippen LogP contribution is 2.12. The Kier molecular flexibility index (Phi) is 10.7. The van der Waals surface area contributed by atoms with E-state index in [1.165, 1.54) is 41.3 Å². The van der Waals surface area contributed by atoms with Crippen molar-refractivity contribution in [3.63, 3.8) is 0 Å². The Bertz CT molecular complexity index is 838. The molecule has 0 saturated carbocycles. The molecule has 5 N–H and O–H groups in total. The fourth-order valence-electron chi connectivity index (χ4n) is 2.90. The second-order valence-electron chi connectivity index (χ2n) is 7.28. The van der Waals surface area contributed by atoms with Crippen molar-refractivity contribution in [3.8, 4) is 11.5 Å². The van der Waals surface area contributed by atoms with Gasteiger partial charge in [0.2, 0.25) is 0 Å². The summed E-state index contributed by atoms with van der Waals surface area (Å²) in [7, 11) is 0. The minimum atomic E-state index is -0.415. The summed E-state index contributed by atoms with van der Waals surface area (Å²) < 4.78 is 0. The second-order valence-corrected chi connectivity index (χ2v) is 7.28. The highest BCUT2D eigenvalue weighted by molar-refractivity contribution is 6.07. The van der Waals surface area contributed by atoms with Gasteiger partial charge >= 0.3 is 0 Å². The maximum Gasteiger partial charge on any atom is 0.253 e. The van der Waals surface area contributed by atoms with Gasteiger partial charge in [-0.1, -0.05) is 24.3 Å². The lowest BCUT2D eigenvalue weighted by Crippen LogP contribution is -2.36. The van der Waals surface area contributed by atoms with E-state index in [2.05, 4.69) is 5.32 Å². The van der Waals surface area contributed by atoms with Crippen LogP contribution < -0.4 is 11.1 Å². The molecule has 7 nitrogen and oxygen atoms in total. The Morgan fingerprint density at radius 3 is 1.72 bits per heavy atom. The number of unbranched alkanes of at least 4 members (excludes halogenated alkanes) is 1. The van der Waals surface area contributed by atoms with E-state index in [0.29, 0.717) is 19.5 Å². The van der Waals surface area contributed by atoms with Crippen LogP contribution in [0.25, 0.3) is 12.2 Å². The first-order valence-electron chi connectivity index (χ1n) is 10.7. The van der Waals surface area contributed by atoms with Crippen molar-refractivity contribution in [3.05, 3.63) is 71.8 Å². The van der Waals surface area contributed by atoms with Crippen LogP contribution in [-0.2, 0) is 9.59 Å². The van der Waals surface area contributed by atoms with Gasteiger partial charge in [-0.15, -0.1) is 0 Å². The van der Waals surface area contributed by atoms with E-state index in [1.54, 1.807) is 36.4 Å². The van der Waals surface area contributed by atoms with Gasteiger partial charge in [-0.2, -0.15) is 0 Å². The number of nitrogens with two attached hydrogens (primary N) is 1. The maximum absolute atomic E-state index is 12.8. The molecule has 7 heteroatoms. The van der Waals surface area contributed by atoms with Gasteiger partial charge in [0, 0.05) is 18.7 Å². The Morgan fingerprint density at radius 2 is 1.25 bits per heavy atom. The Balaban J connectivity index is 2.01. The summed E-state index contributed by atoms with van der Waals surface area (Å²) in [4.78, 5) is 26.7. The number of nitrogens with zero attached hydrogens (tertiary/aromatic N) is 1. The van der Waals surface area contributed by atoms with Crippen molar-refractivity contribution in [1.82, 2.24) is 10.2 Å². The molecule has 2 aromatic rings. The molecule has 0 saturated heterocycles. The summed E-state index contributed by atoms with van der Waals surface area (Å²) in [5, 5.41) is 22.0. The number of nitrogens with one attached hydrogen (secondary N) is 1. The fraction of sp³-hybridized carbons (Fsp3) is 0.280. The van der Waals surface area contributed by atoms with Crippen LogP contribution in [0.2, 0.25) is 0 Å². The van der Waals surface area contributed by atoms with Gasteiger partial charge in [-0.05, 0) is 86.4 Å². The number of hydrogen-bond acceptors (Lipinski definition) is 6. The molecule has 0 atom stereocenters. The molecule has 0 aliphatic heterocycles. The fourth-order valence-corrected chi connectivity index (χ4v) is 2.90. The minimum Gasteiger partial charge on any atom is -0.508 e. The molecule has 32 heavy (non-hydrogen) atoms. The molecule has 170 valence electrons. The Hall–Kier alpha value is -3.42. The number of carbonyl (C=O) groups is 2. The summed E-state index contributed by atoms with van der Waals surface area (Å²) in [6.45, 7) is 2.48. The highest BCUT2D eigenvalue weighted by atomic mass is 16.3. The lowest BCUT2D eigenvalue weighted by molar-refractivity contribution is -0.138. The summed E-state index contributed by atoms with van der Waals surface area (Å²) in [5.41, 5.74) is 6.97. The van der Waals surface area contributed by atoms with Crippen molar-refractivity contribution in [2.24, 2.45) is 5.73 Å². The molecule has 0 bridgehead atoms. The molecule has 0 aromatic heterocycles. The predicted molar refractivity (Wildman–Crippen MR) is 127 cm³/mol. The average molecular weight is 438 g/mol. The number of benzene rings is 2. The zero-order chi connectivity index (χ0) is 23.2. The van der Waals surface area contributed by atoms with Crippen LogP contribution in [0, 0.1) is 0 Å². The molecular weight excluding hydrogens is 406 g/mol. The second kappa shape index (κ2) is 13.8. The third-order valence-corrected chi connectivity index (χ3v) is 4.70. The molecule has 0 spiro atoms. The molecule has 2 aromatic carbocycles. The minimum absolute atomic E-state index is 0.142. The van der Waals surface area contributed by atoms with Crippen LogP contribution in [0.4, 0.5) is 0 Å². The maximum atomic E-state index is 12.8. The van der Waals surface area contributed by atoms with Gasteiger partial charge in [0.05, 0.1) is 0 Å². The van der Waals surface area contributed by atoms with Gasteiger partial charge in [0.1, 0.15) is 11.5 Å². The molecule has 0 radical (unpaired) electrons. The first kappa shape index (κ1) is 24.8. The largest absolute Gasteiger partial charge is 0.508 e. The van der Waals surface area contributed by atoms with Crippen LogP contribution in [0.5, 0.6) is 11.5 Å². The van der Waals surface area contributed by atoms with Gasteiger partial charge in [-0.3, -0.25) is 14.5 Å². The Labute approximate surface area is 188 Å². The standard InChI is InChI=1S/C25H31N3O4/c26-16-1-2-17-27-18-3-19-28(24(31)14-8-20-4-10-22(29)11-5-20)25(32)15-9-21-6-12-23(30)13-7-21/h4-15,27,29-30H,1-3,16-19,26H2. The summed E-state index contributed by atoms with van der Waals surface area (Å²) >= 11 is 0. The monoisotopic (exact) mass is 437 g/mol. The van der Waals surface area contributed by atoms with Gasteiger partial charge < -0.3 is 21.3 Å². The van der Waals surface area contributed by atoms with Crippen LogP contribution in [0.3, 0.4) is 0 Å². The molecular formula is C25H31N3O4. The van der Waals surface area contributed by atoms with Crippen molar-refractivity contribution < 1.29 is 19.8 Å². The topological polar surface area (TPSA) is 116 Å². The number of carbonyl (C=O) groups excluding carboxylic acids is 2. The molecule has 0 aliphatic rings. The van der Waals surface area contributed by atoms with Crippen LogP contribution in [0.15, 0.2) is 60.7 Å². The zero-order valence-corrected chi connectivity index (χ0v) is 18.1. The number of phenolic OH excluding ortho intramolecular Hbond substituents is 2. The molecule has 2 rings (SSSR count). The lowest BCUT2D eigenvalue weighted by atomic mass is 10.2. The lowest BCUT2D eigenvalue weighted by Gasteiger charge is -2.18. The third-order valence-electron chi connectivity index (χ3n) is 4.70. The van der Waals surface area contributed by atoms with Gasteiger partial charge in [0.25, 0.3) is 11.8 Å². The van der Waals surface area contributed by atoms with Gasteiger partial charge in [0.15, 0.2) is 0 Å². The van der Waals surface area contributed by atoms with Crippen LogP contribution in [-0.4, -0.2) is 53.1 Å². The van der Waals surface area contributed by atoms with E-state index < -0.39 is 11.8 Å². The average Bonchev–Trinajstić information content (AvgIpc) is 2.80. The van der Waals surface area contributed by atoms with Crippen molar-refractivity contribution in [2.45, 2.75) is 19.3 Å². The highest BCUT2D eigenvalue weighted by Gasteiger charge is 2.16. The summed E-state index contributed by atoms with van der Waals surface area (Å²) in [5.74, 6) is -0.546. The molecule has 0 aliphatic carbocycles. The molecule has 0 fully saturated rings. The van der Waals surface area contributed by atoms with Crippen molar-refractivity contribution in [1.29, 1.82) is 0 Å². The quantitative estimate of drug-likeness (QED) is 0.300. The van der Waals surface area contributed by atoms with Crippen molar-refractivity contribution in [2.75, 3.05) is 26.2 Å². The van der Waals surface area contributed by atoms with E-state index >= 15 is 0 Å². The smallest absolute Gasteiger partial charge is 0.253 e. The van der Waals surface area contributed by atoms with E-state index in [9.17, 15) is 19.8 Å². The molecule has 0 heterocycles. The number of amides is 2. The van der Waals surface area contributed by atoms with Crippen molar-refractivity contribution >= 4 is 24.0 Å². The third kappa shape index (κ3) is 9.16. The molecule has 2 amide bonds. The zero-order valence-electron chi connectivity index (χ0n) is 18.1. The number of imide groups is 1. The first-order valence-corrected chi connectivity index (χ1v) is 10.7. The molecule has 0 unspecified atom stereocenters. The Morgan fingerprint density at radius 1 is 0.781 bits per heavy atom. The number of hydrogen-bond donors (Lipinski definition) is 4. The first-order chi connectivity index (χ1) is 15.5. The number of rotatable bonds is 12. The SMILES string of the molecule is NCCCCNCCCN(C(=O)C=Cc1ccc(O)cc1)C(=O)C=Cc1ccc(O)cc1. The summed E-state index contributed by atoms with van der Waals surface area (Å²) in [6.07, 6.45) is 8.50. The van der Waals surface area contributed by atoms with E-state index in [0.717, 1.165) is 30.5 Å². The van der Waals surface area contributed by atoms with Gasteiger partial charge in [-0.25, -0.2) is 0 Å². The summed E-state index contributed by atoms with van der Waals surface area (Å²) in [6, 6.07) is 12.9. The van der Waals surface area contributed by atoms with Crippen LogP contribution >= 0.6 is 0 Å². The number of phenols is 2. The predicted octanol–water partition coefficient (Wildman–Crippen LogP) is 2.90. The van der Waals surface area contributed by atoms with Crippen LogP contribution in [0.1, 0.15) is 30.4 Å². The normalized spacial score (nSPS) is 11.3.